The van der Waals surface area contributed by atoms with E-state index in [-0.39, 0.29) is 12.0 Å². The van der Waals surface area contributed by atoms with Crippen LogP contribution in [0, 0.1) is 5.92 Å². The second-order valence-electron chi connectivity index (χ2n) is 5.21. The highest BCUT2D eigenvalue weighted by molar-refractivity contribution is 7.98. The number of nitrogens with one attached hydrogen (secondary N) is 1. The van der Waals surface area contributed by atoms with Crippen LogP contribution in [0.5, 0.6) is 0 Å². The Kier molecular flexibility index (Phi) is 5.76. The molecule has 0 aliphatic heterocycles. The van der Waals surface area contributed by atoms with Gasteiger partial charge in [-0.15, -0.1) is 0 Å². The van der Waals surface area contributed by atoms with Crippen molar-refractivity contribution >= 4 is 17.7 Å². The van der Waals surface area contributed by atoms with Crippen molar-refractivity contribution < 1.29 is 15.0 Å². The number of hydrogen-bond donors (Lipinski definition) is 3. The second-order valence-corrected chi connectivity index (χ2v) is 6.08. The summed E-state index contributed by atoms with van der Waals surface area (Å²) in [7, 11) is 0. The zero-order valence-corrected chi connectivity index (χ0v) is 11.4. The molecule has 5 heteroatoms. The van der Waals surface area contributed by atoms with Crippen molar-refractivity contribution in [2.45, 2.75) is 44.2 Å². The smallest absolute Gasteiger partial charge is 0.306 e. The molecule has 1 aliphatic carbocycles. The molecule has 4 nitrogen and oxygen atoms in total. The van der Waals surface area contributed by atoms with Crippen LogP contribution in [-0.2, 0) is 4.79 Å². The van der Waals surface area contributed by atoms with E-state index in [4.69, 9.17) is 5.11 Å². The van der Waals surface area contributed by atoms with Gasteiger partial charge >= 0.3 is 5.97 Å². The number of aliphatic carboxylic acids is 1. The summed E-state index contributed by atoms with van der Waals surface area (Å²) in [6.07, 6.45) is 5.41. The van der Waals surface area contributed by atoms with Crippen LogP contribution in [0.3, 0.4) is 0 Å². The lowest BCUT2D eigenvalue weighted by Gasteiger charge is -2.31. The normalized spacial score (nSPS) is 28.6. The number of carboxylic acid groups (broad SMARTS) is 1. The third kappa shape index (κ3) is 5.27. The molecule has 1 aliphatic rings. The predicted octanol–water partition coefficient (Wildman–Crippen LogP) is 1.33. The van der Waals surface area contributed by atoms with Crippen LogP contribution in [-0.4, -0.2) is 46.4 Å². The highest BCUT2D eigenvalue weighted by atomic mass is 32.2. The molecule has 0 aromatic rings. The maximum Gasteiger partial charge on any atom is 0.306 e. The lowest BCUT2D eigenvalue weighted by atomic mass is 9.85. The molecule has 0 amide bonds. The molecule has 0 spiro atoms. The van der Waals surface area contributed by atoms with Crippen LogP contribution in [0.1, 0.15) is 32.6 Å². The molecule has 0 aromatic heterocycles. The monoisotopic (exact) mass is 261 g/mol. The van der Waals surface area contributed by atoms with Crippen LogP contribution in [0.4, 0.5) is 0 Å². The summed E-state index contributed by atoms with van der Waals surface area (Å²) in [5.74, 6) is -0.214. The van der Waals surface area contributed by atoms with Crippen LogP contribution in [0.2, 0.25) is 0 Å². The Bertz CT molecular complexity index is 258. The Hall–Kier alpha value is -0.260. The summed E-state index contributed by atoms with van der Waals surface area (Å²) in [5.41, 5.74) is -0.713. The highest BCUT2D eigenvalue weighted by Crippen LogP contribution is 2.24. The number of aliphatic hydroxyl groups is 1. The zero-order valence-electron chi connectivity index (χ0n) is 10.6. The van der Waals surface area contributed by atoms with Crippen LogP contribution in [0.25, 0.3) is 0 Å². The molecule has 1 fully saturated rings. The van der Waals surface area contributed by atoms with Crippen molar-refractivity contribution in [1.82, 2.24) is 5.32 Å². The molecular weight excluding hydrogens is 238 g/mol. The minimum atomic E-state index is -0.713. The Balaban J connectivity index is 2.34. The number of carbonyl (C=O) groups is 1. The summed E-state index contributed by atoms with van der Waals surface area (Å²) < 4.78 is 0. The van der Waals surface area contributed by atoms with E-state index in [2.05, 4.69) is 5.32 Å². The minimum absolute atomic E-state index is 0.216. The van der Waals surface area contributed by atoms with E-state index in [0.29, 0.717) is 18.7 Å². The molecular formula is C12H23NO3S. The summed E-state index contributed by atoms with van der Waals surface area (Å²) in [4.78, 5) is 10.9. The van der Waals surface area contributed by atoms with E-state index in [0.717, 1.165) is 19.3 Å². The molecule has 3 N–H and O–H groups in total. The molecule has 1 saturated carbocycles. The number of rotatable bonds is 6. The number of hydrogen-bond acceptors (Lipinski definition) is 4. The summed E-state index contributed by atoms with van der Waals surface area (Å²) >= 11 is 1.62. The fourth-order valence-corrected chi connectivity index (χ4v) is 3.05. The molecule has 0 saturated heterocycles. The van der Waals surface area contributed by atoms with E-state index in [1.165, 1.54) is 0 Å². The lowest BCUT2D eigenvalue weighted by Crippen LogP contribution is -2.46. The van der Waals surface area contributed by atoms with Crippen molar-refractivity contribution in [2.24, 2.45) is 5.92 Å². The summed E-state index contributed by atoms with van der Waals surface area (Å²) in [5, 5.41) is 22.3. The minimum Gasteiger partial charge on any atom is -0.481 e. The average molecular weight is 261 g/mol. The third-order valence-corrected chi connectivity index (χ3v) is 4.16. The average Bonchev–Trinajstić information content (AvgIpc) is 2.27. The van der Waals surface area contributed by atoms with E-state index >= 15 is 0 Å². The number of thioether (sulfide) groups is 1. The standard InChI is InChI=1S/C12H23NO3S/c1-12(16,8-17-2)7-13-10-5-3-4-9(6-10)11(14)15/h9-10,13,16H,3-8H2,1-2H3,(H,14,15). The highest BCUT2D eigenvalue weighted by Gasteiger charge is 2.28. The summed E-state index contributed by atoms with van der Waals surface area (Å²) in [6, 6.07) is 0.234. The quantitative estimate of drug-likeness (QED) is 0.673. The zero-order chi connectivity index (χ0) is 12.9. The van der Waals surface area contributed by atoms with E-state index in [1.54, 1.807) is 11.8 Å². The largest absolute Gasteiger partial charge is 0.481 e. The van der Waals surface area contributed by atoms with Gasteiger partial charge in [-0.1, -0.05) is 6.42 Å². The van der Waals surface area contributed by atoms with Gasteiger partial charge in [-0.05, 0) is 32.4 Å². The fourth-order valence-electron chi connectivity index (χ4n) is 2.33. The van der Waals surface area contributed by atoms with Crippen LogP contribution in [0.15, 0.2) is 0 Å². The first kappa shape index (κ1) is 14.8. The second kappa shape index (κ2) is 6.61. The Morgan fingerprint density at radius 1 is 1.53 bits per heavy atom. The molecule has 17 heavy (non-hydrogen) atoms. The topological polar surface area (TPSA) is 69.6 Å². The molecule has 3 unspecified atom stereocenters. The van der Waals surface area contributed by atoms with Crippen molar-refractivity contribution in [2.75, 3.05) is 18.6 Å². The molecule has 0 radical (unpaired) electrons. The van der Waals surface area contributed by atoms with Crippen molar-refractivity contribution in [3.05, 3.63) is 0 Å². The van der Waals surface area contributed by atoms with E-state index < -0.39 is 11.6 Å². The first-order valence-corrected chi connectivity index (χ1v) is 7.51. The van der Waals surface area contributed by atoms with Gasteiger partial charge in [0.15, 0.2) is 0 Å². The fraction of sp³-hybridized carbons (Fsp3) is 0.917. The van der Waals surface area contributed by atoms with Crippen LogP contribution >= 0.6 is 11.8 Å². The molecule has 3 atom stereocenters. The van der Waals surface area contributed by atoms with Gasteiger partial charge < -0.3 is 15.5 Å². The van der Waals surface area contributed by atoms with Gasteiger partial charge in [-0.3, -0.25) is 4.79 Å². The molecule has 1 rings (SSSR count). The van der Waals surface area contributed by atoms with Gasteiger partial charge in [0.05, 0.1) is 11.5 Å². The third-order valence-electron chi connectivity index (χ3n) is 3.25. The first-order valence-electron chi connectivity index (χ1n) is 6.12. The summed E-state index contributed by atoms with van der Waals surface area (Å²) in [6.45, 7) is 2.35. The van der Waals surface area contributed by atoms with Gasteiger partial charge in [0.1, 0.15) is 0 Å². The van der Waals surface area contributed by atoms with Gasteiger partial charge in [-0.25, -0.2) is 0 Å². The van der Waals surface area contributed by atoms with E-state index in [9.17, 15) is 9.90 Å². The van der Waals surface area contributed by atoms with Crippen molar-refractivity contribution in [1.29, 1.82) is 0 Å². The maximum atomic E-state index is 10.9. The van der Waals surface area contributed by atoms with Gasteiger partial charge in [0.2, 0.25) is 0 Å². The Labute approximate surface area is 107 Å². The van der Waals surface area contributed by atoms with Crippen molar-refractivity contribution in [3.63, 3.8) is 0 Å². The lowest BCUT2D eigenvalue weighted by molar-refractivity contribution is -0.143. The Morgan fingerprint density at radius 3 is 2.82 bits per heavy atom. The molecule has 0 heterocycles. The predicted molar refractivity (Wildman–Crippen MR) is 70.4 cm³/mol. The maximum absolute atomic E-state index is 10.9. The van der Waals surface area contributed by atoms with Gasteiger partial charge in [-0.2, -0.15) is 11.8 Å². The van der Waals surface area contributed by atoms with Gasteiger partial charge in [0.25, 0.3) is 0 Å². The number of carboxylic acids is 1. The first-order chi connectivity index (χ1) is 7.94. The van der Waals surface area contributed by atoms with Crippen molar-refractivity contribution in [3.8, 4) is 0 Å². The van der Waals surface area contributed by atoms with E-state index in [1.807, 2.05) is 13.2 Å². The van der Waals surface area contributed by atoms with Gasteiger partial charge in [0, 0.05) is 18.3 Å². The van der Waals surface area contributed by atoms with Crippen LogP contribution < -0.4 is 5.32 Å². The molecule has 0 aromatic carbocycles. The molecule has 0 bridgehead atoms. The SMILES string of the molecule is CSCC(C)(O)CNC1CCCC(C(=O)O)C1. The molecule has 100 valence electrons. The Morgan fingerprint density at radius 2 is 2.24 bits per heavy atom.